The molecule has 1 atom stereocenters. The maximum absolute atomic E-state index is 12.4. The molecule has 1 unspecified atom stereocenters. The number of nitrogens with zero attached hydrogens (tertiary/aromatic N) is 1. The Bertz CT molecular complexity index is 628. The maximum atomic E-state index is 12.4. The van der Waals surface area contributed by atoms with Gasteiger partial charge in [-0.3, -0.25) is 4.79 Å². The van der Waals surface area contributed by atoms with Gasteiger partial charge in [0.15, 0.2) is 9.84 Å². The minimum Gasteiger partial charge on any atom is -0.334 e. The molecule has 1 saturated heterocycles. The fraction of sp³-hybridized carbons (Fsp3) is 0.533. The van der Waals surface area contributed by atoms with Gasteiger partial charge >= 0.3 is 0 Å². The van der Waals surface area contributed by atoms with Gasteiger partial charge in [0, 0.05) is 23.0 Å². The summed E-state index contributed by atoms with van der Waals surface area (Å²) < 4.78 is 24.4. The van der Waals surface area contributed by atoms with E-state index in [2.05, 4.69) is 15.9 Å². The van der Waals surface area contributed by atoms with E-state index in [1.807, 2.05) is 38.1 Å². The molecule has 0 bridgehead atoms. The summed E-state index contributed by atoms with van der Waals surface area (Å²) in [5.74, 6) is 0.134. The highest BCUT2D eigenvalue weighted by atomic mass is 79.9. The first-order valence-electron chi connectivity index (χ1n) is 7.04. The summed E-state index contributed by atoms with van der Waals surface area (Å²) >= 11 is 3.42. The molecular weight excluding hydrogens is 354 g/mol. The van der Waals surface area contributed by atoms with Crippen molar-refractivity contribution in [3.05, 3.63) is 34.3 Å². The first kappa shape index (κ1) is 16.5. The predicted molar refractivity (Wildman–Crippen MR) is 86.6 cm³/mol. The largest absolute Gasteiger partial charge is 0.334 e. The number of halogens is 1. The molecule has 1 heterocycles. The second-order valence-electron chi connectivity index (χ2n) is 5.81. The summed E-state index contributed by atoms with van der Waals surface area (Å²) in [5.41, 5.74) is 1.00. The third-order valence-electron chi connectivity index (χ3n) is 3.67. The van der Waals surface area contributed by atoms with Crippen molar-refractivity contribution < 1.29 is 13.2 Å². The van der Waals surface area contributed by atoms with E-state index in [4.69, 9.17) is 0 Å². The SMILES string of the molecule is CC(C)C(=O)N(Cc1cccc(Br)c1)C1CCS(=O)(=O)C1. The van der Waals surface area contributed by atoms with E-state index >= 15 is 0 Å². The van der Waals surface area contributed by atoms with Crippen molar-refractivity contribution >= 4 is 31.7 Å². The number of benzene rings is 1. The average molecular weight is 374 g/mol. The van der Waals surface area contributed by atoms with E-state index in [-0.39, 0.29) is 29.4 Å². The number of carbonyl (C=O) groups excluding carboxylic acids is 1. The molecule has 0 aromatic heterocycles. The van der Waals surface area contributed by atoms with Crippen molar-refractivity contribution in [3.8, 4) is 0 Å². The van der Waals surface area contributed by atoms with Crippen LogP contribution in [0.25, 0.3) is 0 Å². The molecule has 1 amide bonds. The molecule has 0 N–H and O–H groups in total. The second kappa shape index (κ2) is 6.48. The van der Waals surface area contributed by atoms with Crippen molar-refractivity contribution in [1.82, 2.24) is 4.90 Å². The Balaban J connectivity index is 2.23. The number of hydrogen-bond acceptors (Lipinski definition) is 3. The lowest BCUT2D eigenvalue weighted by atomic mass is 10.1. The molecule has 21 heavy (non-hydrogen) atoms. The van der Waals surface area contributed by atoms with Crippen LogP contribution in [0, 0.1) is 5.92 Å². The molecule has 1 aliphatic rings. The summed E-state index contributed by atoms with van der Waals surface area (Å²) in [5, 5.41) is 0. The van der Waals surface area contributed by atoms with Gasteiger partial charge < -0.3 is 4.90 Å². The summed E-state index contributed by atoms with van der Waals surface area (Å²) in [6.07, 6.45) is 0.537. The predicted octanol–water partition coefficient (Wildman–Crippen LogP) is 2.62. The number of rotatable bonds is 4. The Morgan fingerprint density at radius 1 is 1.43 bits per heavy atom. The summed E-state index contributed by atoms with van der Waals surface area (Å²) in [6, 6.07) is 7.56. The Labute approximate surface area is 134 Å². The Kier molecular flexibility index (Phi) is 5.09. The molecule has 6 heteroatoms. The van der Waals surface area contributed by atoms with Gasteiger partial charge in [0.2, 0.25) is 5.91 Å². The highest BCUT2D eigenvalue weighted by Gasteiger charge is 2.35. The van der Waals surface area contributed by atoms with E-state index in [1.54, 1.807) is 4.90 Å². The fourth-order valence-corrected chi connectivity index (χ4v) is 4.75. The fourth-order valence-electron chi connectivity index (χ4n) is 2.57. The molecule has 0 spiro atoms. The van der Waals surface area contributed by atoms with E-state index < -0.39 is 9.84 Å². The molecule has 0 aliphatic carbocycles. The van der Waals surface area contributed by atoms with Crippen LogP contribution in [0.2, 0.25) is 0 Å². The van der Waals surface area contributed by atoms with Gasteiger partial charge in [0.05, 0.1) is 11.5 Å². The molecule has 1 aromatic rings. The Hall–Kier alpha value is -0.880. The highest BCUT2D eigenvalue weighted by molar-refractivity contribution is 9.10. The van der Waals surface area contributed by atoms with Gasteiger partial charge in [-0.05, 0) is 24.1 Å². The molecule has 1 aromatic carbocycles. The molecular formula is C15H20BrNO3S. The Morgan fingerprint density at radius 3 is 2.67 bits per heavy atom. The third-order valence-corrected chi connectivity index (χ3v) is 5.91. The summed E-state index contributed by atoms with van der Waals surface area (Å²) in [6.45, 7) is 4.15. The van der Waals surface area contributed by atoms with Crippen LogP contribution in [0.1, 0.15) is 25.8 Å². The molecule has 4 nitrogen and oxygen atoms in total. The van der Waals surface area contributed by atoms with Crippen LogP contribution in [-0.2, 0) is 21.2 Å². The minimum atomic E-state index is -3.00. The third kappa shape index (κ3) is 4.30. The monoisotopic (exact) mass is 373 g/mol. The van der Waals surface area contributed by atoms with Crippen molar-refractivity contribution in [2.75, 3.05) is 11.5 Å². The number of amides is 1. The quantitative estimate of drug-likeness (QED) is 0.814. The molecule has 116 valence electrons. The van der Waals surface area contributed by atoms with E-state index in [0.29, 0.717) is 13.0 Å². The van der Waals surface area contributed by atoms with Crippen molar-refractivity contribution in [2.24, 2.45) is 5.92 Å². The molecule has 0 saturated carbocycles. The van der Waals surface area contributed by atoms with Crippen LogP contribution in [0.15, 0.2) is 28.7 Å². The normalized spacial score (nSPS) is 20.7. The van der Waals surface area contributed by atoms with Gasteiger partial charge in [0.1, 0.15) is 0 Å². The first-order valence-corrected chi connectivity index (χ1v) is 9.65. The van der Waals surface area contributed by atoms with Crippen LogP contribution in [0.5, 0.6) is 0 Å². The molecule has 1 fully saturated rings. The van der Waals surface area contributed by atoms with E-state index in [9.17, 15) is 13.2 Å². The zero-order valence-corrected chi connectivity index (χ0v) is 14.7. The molecule has 0 radical (unpaired) electrons. The second-order valence-corrected chi connectivity index (χ2v) is 8.95. The lowest BCUT2D eigenvalue weighted by molar-refractivity contribution is -0.137. The van der Waals surface area contributed by atoms with Crippen LogP contribution in [0.3, 0.4) is 0 Å². The zero-order valence-electron chi connectivity index (χ0n) is 12.3. The zero-order chi connectivity index (χ0) is 15.6. The smallest absolute Gasteiger partial charge is 0.225 e. The van der Waals surface area contributed by atoms with Gasteiger partial charge in [-0.15, -0.1) is 0 Å². The Morgan fingerprint density at radius 2 is 2.14 bits per heavy atom. The van der Waals surface area contributed by atoms with E-state index in [0.717, 1.165) is 10.0 Å². The minimum absolute atomic E-state index is 0.0112. The standard InChI is InChI=1S/C15H20BrNO3S/c1-11(2)15(18)17(14-6-7-21(19,20)10-14)9-12-4-3-5-13(16)8-12/h3-5,8,11,14H,6-7,9-10H2,1-2H3. The van der Waals surface area contributed by atoms with Gasteiger partial charge in [-0.25, -0.2) is 8.42 Å². The van der Waals surface area contributed by atoms with Gasteiger partial charge in [-0.2, -0.15) is 0 Å². The lowest BCUT2D eigenvalue weighted by Crippen LogP contribution is -2.42. The topological polar surface area (TPSA) is 54.5 Å². The van der Waals surface area contributed by atoms with Crippen molar-refractivity contribution in [1.29, 1.82) is 0 Å². The summed E-state index contributed by atoms with van der Waals surface area (Å²) in [7, 11) is -3.00. The van der Waals surface area contributed by atoms with Crippen molar-refractivity contribution in [3.63, 3.8) is 0 Å². The highest BCUT2D eigenvalue weighted by Crippen LogP contribution is 2.23. The molecule has 2 rings (SSSR count). The maximum Gasteiger partial charge on any atom is 0.225 e. The summed E-state index contributed by atoms with van der Waals surface area (Å²) in [4.78, 5) is 14.2. The lowest BCUT2D eigenvalue weighted by Gasteiger charge is -2.30. The van der Waals surface area contributed by atoms with Gasteiger partial charge in [-0.1, -0.05) is 41.9 Å². The number of sulfone groups is 1. The van der Waals surface area contributed by atoms with Crippen LogP contribution >= 0.6 is 15.9 Å². The van der Waals surface area contributed by atoms with E-state index in [1.165, 1.54) is 0 Å². The number of carbonyl (C=O) groups is 1. The van der Waals surface area contributed by atoms with Crippen LogP contribution < -0.4 is 0 Å². The first-order chi connectivity index (χ1) is 9.78. The average Bonchev–Trinajstić information content (AvgIpc) is 2.75. The van der Waals surface area contributed by atoms with Gasteiger partial charge in [0.25, 0.3) is 0 Å². The van der Waals surface area contributed by atoms with Crippen LogP contribution in [-0.4, -0.2) is 36.8 Å². The van der Waals surface area contributed by atoms with Crippen molar-refractivity contribution in [2.45, 2.75) is 32.9 Å². The molecule has 1 aliphatic heterocycles. The van der Waals surface area contributed by atoms with Crippen LogP contribution in [0.4, 0.5) is 0 Å². The number of hydrogen-bond donors (Lipinski definition) is 0.